The standard InChI is InChI=1S/C22H27N3O4/c1-2-29-17-7-5-16(6-8-17)23-22(28)15-9-13-25(14-10-15)19-18(20(26)21(19)27)24-11-3-4-12-24/h5-8,15H,2-4,9-14H2,1H3,(H,23,28). The minimum atomic E-state index is -0.371. The van der Waals surface area contributed by atoms with E-state index in [1.54, 1.807) is 0 Å². The molecule has 1 amide bonds. The van der Waals surface area contributed by atoms with Gasteiger partial charge in [0.1, 0.15) is 17.1 Å². The molecule has 2 aliphatic heterocycles. The summed E-state index contributed by atoms with van der Waals surface area (Å²) in [7, 11) is 0. The van der Waals surface area contributed by atoms with E-state index in [1.807, 2.05) is 41.0 Å². The van der Waals surface area contributed by atoms with Gasteiger partial charge in [-0.3, -0.25) is 14.4 Å². The zero-order chi connectivity index (χ0) is 20.4. The summed E-state index contributed by atoms with van der Waals surface area (Å²) in [4.78, 5) is 41.0. The van der Waals surface area contributed by atoms with Gasteiger partial charge in [-0.05, 0) is 56.9 Å². The number of benzene rings is 1. The highest BCUT2D eigenvalue weighted by molar-refractivity contribution is 5.92. The van der Waals surface area contributed by atoms with Gasteiger partial charge >= 0.3 is 0 Å². The number of carbonyl (C=O) groups excluding carboxylic acids is 1. The minimum Gasteiger partial charge on any atom is -0.494 e. The van der Waals surface area contributed by atoms with Crippen molar-refractivity contribution in [3.05, 3.63) is 44.7 Å². The van der Waals surface area contributed by atoms with Gasteiger partial charge in [0.05, 0.1) is 6.61 Å². The van der Waals surface area contributed by atoms with Crippen LogP contribution in [0.3, 0.4) is 0 Å². The number of hydrogen-bond donors (Lipinski definition) is 1. The molecule has 2 aromatic carbocycles. The summed E-state index contributed by atoms with van der Waals surface area (Å²) in [6, 6.07) is 7.36. The fraction of sp³-hybridized carbons (Fsp3) is 0.500. The Bertz CT molecular complexity index is 932. The Morgan fingerprint density at radius 1 is 0.966 bits per heavy atom. The van der Waals surface area contributed by atoms with Crippen LogP contribution in [0, 0.1) is 5.92 Å². The molecule has 1 N–H and O–H groups in total. The summed E-state index contributed by atoms with van der Waals surface area (Å²) in [5, 5.41) is 2.97. The van der Waals surface area contributed by atoms with Gasteiger partial charge in [-0.1, -0.05) is 0 Å². The fourth-order valence-electron chi connectivity index (χ4n) is 4.31. The summed E-state index contributed by atoms with van der Waals surface area (Å²) in [6.45, 7) is 5.46. The van der Waals surface area contributed by atoms with E-state index in [-0.39, 0.29) is 22.7 Å². The average molecular weight is 397 g/mol. The monoisotopic (exact) mass is 397 g/mol. The molecule has 0 atom stereocenters. The number of nitrogens with one attached hydrogen (secondary N) is 1. The van der Waals surface area contributed by atoms with Gasteiger partial charge in [-0.15, -0.1) is 0 Å². The topological polar surface area (TPSA) is 79.0 Å². The molecule has 7 nitrogen and oxygen atoms in total. The summed E-state index contributed by atoms with van der Waals surface area (Å²) >= 11 is 0. The van der Waals surface area contributed by atoms with E-state index in [2.05, 4.69) is 5.32 Å². The molecular weight excluding hydrogens is 370 g/mol. The molecule has 7 heteroatoms. The third-order valence-corrected chi connectivity index (χ3v) is 5.90. The van der Waals surface area contributed by atoms with Gasteiger partial charge in [0.15, 0.2) is 0 Å². The van der Waals surface area contributed by atoms with E-state index >= 15 is 0 Å². The van der Waals surface area contributed by atoms with Crippen molar-refractivity contribution in [3.8, 4) is 5.75 Å². The normalized spacial score (nSPS) is 17.7. The van der Waals surface area contributed by atoms with E-state index in [0.29, 0.717) is 43.9 Å². The number of anilines is 3. The van der Waals surface area contributed by atoms with Crippen molar-refractivity contribution < 1.29 is 9.53 Å². The summed E-state index contributed by atoms with van der Waals surface area (Å²) in [5.41, 5.74) is 1.20. The first-order valence-corrected chi connectivity index (χ1v) is 10.5. The number of amides is 1. The van der Waals surface area contributed by atoms with Crippen molar-refractivity contribution in [2.24, 2.45) is 5.92 Å². The highest BCUT2D eigenvalue weighted by atomic mass is 16.5. The van der Waals surface area contributed by atoms with Crippen molar-refractivity contribution in [2.75, 3.05) is 47.9 Å². The number of hydrogen-bond acceptors (Lipinski definition) is 6. The van der Waals surface area contributed by atoms with Crippen molar-refractivity contribution >= 4 is 23.0 Å². The van der Waals surface area contributed by atoms with Crippen molar-refractivity contribution in [1.82, 2.24) is 0 Å². The highest BCUT2D eigenvalue weighted by Gasteiger charge is 2.34. The van der Waals surface area contributed by atoms with Gasteiger partial charge in [0.2, 0.25) is 5.91 Å². The Morgan fingerprint density at radius 3 is 2.07 bits per heavy atom. The molecule has 0 radical (unpaired) electrons. The lowest BCUT2D eigenvalue weighted by Crippen LogP contribution is -2.48. The van der Waals surface area contributed by atoms with Crippen LogP contribution in [0.25, 0.3) is 0 Å². The maximum Gasteiger partial charge on any atom is 0.253 e. The lowest BCUT2D eigenvalue weighted by molar-refractivity contribution is -0.120. The van der Waals surface area contributed by atoms with Gasteiger partial charge < -0.3 is 19.9 Å². The maximum atomic E-state index is 12.6. The summed E-state index contributed by atoms with van der Waals surface area (Å²) in [6.07, 6.45) is 3.46. The first-order chi connectivity index (χ1) is 14.1. The van der Waals surface area contributed by atoms with Crippen molar-refractivity contribution in [2.45, 2.75) is 32.6 Å². The Kier molecular flexibility index (Phi) is 5.56. The molecule has 0 spiro atoms. The molecule has 4 rings (SSSR count). The van der Waals surface area contributed by atoms with Crippen LogP contribution in [-0.4, -0.2) is 38.7 Å². The van der Waals surface area contributed by atoms with Gasteiger partial charge in [0, 0.05) is 37.8 Å². The molecular formula is C22H27N3O4. The number of piperidine rings is 1. The molecule has 0 saturated carbocycles. The number of nitrogens with zero attached hydrogens (tertiary/aromatic N) is 2. The molecule has 0 unspecified atom stereocenters. The van der Waals surface area contributed by atoms with Gasteiger partial charge in [-0.25, -0.2) is 0 Å². The molecule has 2 aliphatic rings. The lowest BCUT2D eigenvalue weighted by atomic mass is 9.94. The minimum absolute atomic E-state index is 0.00133. The molecule has 29 heavy (non-hydrogen) atoms. The molecule has 2 fully saturated rings. The van der Waals surface area contributed by atoms with Crippen LogP contribution in [0.2, 0.25) is 0 Å². The van der Waals surface area contributed by atoms with Gasteiger partial charge in [0.25, 0.3) is 10.9 Å². The van der Waals surface area contributed by atoms with Crippen LogP contribution < -0.4 is 30.7 Å². The predicted molar refractivity (Wildman–Crippen MR) is 114 cm³/mol. The third kappa shape index (κ3) is 3.86. The Labute approximate surface area is 170 Å². The van der Waals surface area contributed by atoms with E-state index in [9.17, 15) is 14.4 Å². The second kappa shape index (κ2) is 8.27. The fourth-order valence-corrected chi connectivity index (χ4v) is 4.31. The molecule has 0 aliphatic carbocycles. The van der Waals surface area contributed by atoms with E-state index in [0.717, 1.165) is 37.4 Å². The number of rotatable bonds is 6. The van der Waals surface area contributed by atoms with Crippen LogP contribution in [-0.2, 0) is 4.79 Å². The van der Waals surface area contributed by atoms with Crippen molar-refractivity contribution in [1.29, 1.82) is 0 Å². The Balaban J connectivity index is 1.35. The van der Waals surface area contributed by atoms with E-state index in [1.165, 1.54) is 0 Å². The number of ether oxygens (including phenoxy) is 1. The van der Waals surface area contributed by atoms with Crippen LogP contribution in [0.5, 0.6) is 5.75 Å². The first kappa shape index (κ1) is 19.5. The second-order valence-corrected chi connectivity index (χ2v) is 7.76. The quantitative estimate of drug-likeness (QED) is 0.753. The second-order valence-electron chi connectivity index (χ2n) is 7.76. The summed E-state index contributed by atoms with van der Waals surface area (Å²) < 4.78 is 5.42. The van der Waals surface area contributed by atoms with E-state index in [4.69, 9.17) is 4.74 Å². The SMILES string of the molecule is CCOc1ccc(NC(=O)C2CCN(c3c(N4CCCC4)c(=O)c3=O)CC2)cc1. The Morgan fingerprint density at radius 2 is 1.52 bits per heavy atom. The van der Waals surface area contributed by atoms with Crippen LogP contribution in [0.4, 0.5) is 17.1 Å². The largest absolute Gasteiger partial charge is 0.494 e. The lowest BCUT2D eigenvalue weighted by Gasteiger charge is -2.35. The van der Waals surface area contributed by atoms with Crippen molar-refractivity contribution in [3.63, 3.8) is 0 Å². The van der Waals surface area contributed by atoms with Crippen LogP contribution in [0.1, 0.15) is 32.6 Å². The smallest absolute Gasteiger partial charge is 0.253 e. The highest BCUT2D eigenvalue weighted by Crippen LogP contribution is 2.31. The van der Waals surface area contributed by atoms with Crippen LogP contribution in [0.15, 0.2) is 33.9 Å². The first-order valence-electron chi connectivity index (χ1n) is 10.5. The molecule has 0 bridgehead atoms. The average Bonchev–Trinajstić information content (AvgIpc) is 3.27. The molecule has 2 saturated heterocycles. The van der Waals surface area contributed by atoms with Crippen LogP contribution >= 0.6 is 0 Å². The maximum absolute atomic E-state index is 12.6. The molecule has 0 aromatic heterocycles. The summed E-state index contributed by atoms with van der Waals surface area (Å²) in [5.74, 6) is 0.679. The Hall–Kier alpha value is -2.83. The van der Waals surface area contributed by atoms with E-state index < -0.39 is 0 Å². The van der Waals surface area contributed by atoms with Gasteiger partial charge in [-0.2, -0.15) is 0 Å². The zero-order valence-electron chi connectivity index (χ0n) is 16.8. The number of carbonyl (C=O) groups is 1. The third-order valence-electron chi connectivity index (χ3n) is 5.90. The predicted octanol–water partition coefficient (Wildman–Crippen LogP) is 2.14. The molecule has 154 valence electrons. The molecule has 2 aromatic rings. The molecule has 2 heterocycles. The zero-order valence-corrected chi connectivity index (χ0v) is 16.8.